The predicted octanol–water partition coefficient (Wildman–Crippen LogP) is 3.86. The molecular weight excluding hydrogens is 427 g/mol. The molecule has 6 nitrogen and oxygen atoms in total. The zero-order chi connectivity index (χ0) is 21.9. The van der Waals surface area contributed by atoms with Crippen LogP contribution in [0.4, 0.5) is 10.2 Å². The van der Waals surface area contributed by atoms with Gasteiger partial charge in [0.1, 0.15) is 11.5 Å². The van der Waals surface area contributed by atoms with Crippen LogP contribution in [0.15, 0.2) is 47.7 Å². The molecule has 1 fully saturated rings. The van der Waals surface area contributed by atoms with E-state index in [9.17, 15) is 4.39 Å². The summed E-state index contributed by atoms with van der Waals surface area (Å²) in [6.45, 7) is 2.15. The van der Waals surface area contributed by atoms with Gasteiger partial charge in [0.25, 0.3) is 0 Å². The van der Waals surface area contributed by atoms with Crippen molar-refractivity contribution in [3.05, 3.63) is 81.8 Å². The standard InChI is InChI=1S/C24H22ClFN6/c25-23-19(26)16(5-8-28-23)20-21-17(12-29-20)31-18(13-30-21)32-9-6-24(7-10-32)11-14-3-1-2-4-15(14)22(24)27/h1-5,8,13,22H,6-7,9-12,27H2/t22-/m1/s1. The smallest absolute Gasteiger partial charge is 0.169 e. The van der Waals surface area contributed by atoms with Gasteiger partial charge in [-0.25, -0.2) is 19.3 Å². The van der Waals surface area contributed by atoms with Crippen molar-refractivity contribution in [3.8, 4) is 0 Å². The summed E-state index contributed by atoms with van der Waals surface area (Å²) < 4.78 is 14.5. The number of piperidine rings is 1. The normalized spacial score (nSPS) is 20.9. The SMILES string of the molecule is N[C@@H]1c2ccccc2CC12CCN(c1cnc3c(n1)CN=C3c1ccnc(Cl)c1F)CC2. The van der Waals surface area contributed by atoms with Gasteiger partial charge in [0.15, 0.2) is 11.0 Å². The monoisotopic (exact) mass is 448 g/mol. The van der Waals surface area contributed by atoms with Gasteiger partial charge >= 0.3 is 0 Å². The fraction of sp³-hybridized carbons (Fsp3) is 0.333. The molecule has 0 bridgehead atoms. The molecule has 6 rings (SSSR count). The number of hydrogen-bond donors (Lipinski definition) is 1. The number of benzene rings is 1. The highest BCUT2D eigenvalue weighted by atomic mass is 35.5. The maximum absolute atomic E-state index is 14.5. The first-order valence-corrected chi connectivity index (χ1v) is 11.2. The van der Waals surface area contributed by atoms with Crippen LogP contribution < -0.4 is 10.6 Å². The lowest BCUT2D eigenvalue weighted by Crippen LogP contribution is -2.44. The van der Waals surface area contributed by atoms with Crippen molar-refractivity contribution in [2.75, 3.05) is 18.0 Å². The molecule has 3 aromatic rings. The summed E-state index contributed by atoms with van der Waals surface area (Å²) in [7, 11) is 0. The number of halogens is 2. The average molecular weight is 449 g/mol. The van der Waals surface area contributed by atoms with Crippen molar-refractivity contribution in [1.29, 1.82) is 0 Å². The molecule has 1 spiro atoms. The molecule has 2 aliphatic heterocycles. The van der Waals surface area contributed by atoms with E-state index in [1.54, 1.807) is 12.3 Å². The Labute approximate surface area is 190 Å². The molecule has 2 N–H and O–H groups in total. The maximum atomic E-state index is 14.5. The lowest BCUT2D eigenvalue weighted by Gasteiger charge is -2.42. The molecule has 1 atom stereocenters. The molecule has 1 aliphatic carbocycles. The molecule has 0 radical (unpaired) electrons. The van der Waals surface area contributed by atoms with Crippen LogP contribution in [0, 0.1) is 11.2 Å². The Morgan fingerprint density at radius 3 is 2.75 bits per heavy atom. The Morgan fingerprint density at radius 2 is 1.94 bits per heavy atom. The molecule has 1 saturated heterocycles. The zero-order valence-corrected chi connectivity index (χ0v) is 18.2. The van der Waals surface area contributed by atoms with E-state index >= 15 is 0 Å². The highest BCUT2D eigenvalue weighted by Gasteiger charge is 2.46. The van der Waals surface area contributed by atoms with Crippen molar-refractivity contribution < 1.29 is 4.39 Å². The average Bonchev–Trinajstić information content (AvgIpc) is 3.35. The van der Waals surface area contributed by atoms with E-state index in [1.165, 1.54) is 17.3 Å². The van der Waals surface area contributed by atoms with E-state index < -0.39 is 5.82 Å². The van der Waals surface area contributed by atoms with E-state index in [1.807, 2.05) is 0 Å². The van der Waals surface area contributed by atoms with Gasteiger partial charge in [-0.05, 0) is 41.9 Å². The number of nitrogens with two attached hydrogens (primary N) is 1. The van der Waals surface area contributed by atoms with E-state index in [0.717, 1.165) is 43.9 Å². The number of nitrogens with zero attached hydrogens (tertiary/aromatic N) is 5. The van der Waals surface area contributed by atoms with Gasteiger partial charge in [-0.3, -0.25) is 4.99 Å². The number of rotatable bonds is 2. The summed E-state index contributed by atoms with van der Waals surface area (Å²) in [5.41, 5.74) is 11.7. The van der Waals surface area contributed by atoms with Crippen molar-refractivity contribution >= 4 is 23.1 Å². The lowest BCUT2D eigenvalue weighted by atomic mass is 9.73. The Bertz CT molecular complexity index is 1250. The van der Waals surface area contributed by atoms with Gasteiger partial charge in [-0.1, -0.05) is 35.9 Å². The Balaban J connectivity index is 1.21. The molecule has 0 amide bonds. The van der Waals surface area contributed by atoms with Gasteiger partial charge in [0.2, 0.25) is 0 Å². The topological polar surface area (TPSA) is 80.3 Å². The van der Waals surface area contributed by atoms with E-state index in [4.69, 9.17) is 22.3 Å². The van der Waals surface area contributed by atoms with Crippen LogP contribution in [0.3, 0.4) is 0 Å². The van der Waals surface area contributed by atoms with Crippen molar-refractivity contribution in [1.82, 2.24) is 15.0 Å². The van der Waals surface area contributed by atoms with Crippen LogP contribution in [0.5, 0.6) is 0 Å². The highest BCUT2D eigenvalue weighted by Crippen LogP contribution is 2.50. The summed E-state index contributed by atoms with van der Waals surface area (Å²) in [6.07, 6.45) is 6.32. The van der Waals surface area contributed by atoms with E-state index in [-0.39, 0.29) is 16.6 Å². The highest BCUT2D eigenvalue weighted by molar-refractivity contribution is 6.30. The number of aliphatic imine (C=N–C) groups is 1. The number of anilines is 1. The summed E-state index contributed by atoms with van der Waals surface area (Å²) in [6, 6.07) is 10.2. The van der Waals surface area contributed by atoms with Gasteiger partial charge in [-0.2, -0.15) is 0 Å². The molecule has 1 aromatic carbocycles. The second kappa shape index (κ2) is 7.32. The molecule has 4 heterocycles. The third-order valence-corrected chi connectivity index (χ3v) is 7.48. The quantitative estimate of drug-likeness (QED) is 0.602. The third kappa shape index (κ3) is 2.95. The largest absolute Gasteiger partial charge is 0.355 e. The maximum Gasteiger partial charge on any atom is 0.169 e. The van der Waals surface area contributed by atoms with Crippen molar-refractivity contribution in [3.63, 3.8) is 0 Å². The van der Waals surface area contributed by atoms with Crippen LogP contribution in [0.1, 0.15) is 47.0 Å². The minimum Gasteiger partial charge on any atom is -0.355 e. The summed E-state index contributed by atoms with van der Waals surface area (Å²) in [5.74, 6) is 0.259. The van der Waals surface area contributed by atoms with E-state index in [2.05, 4.69) is 44.1 Å². The van der Waals surface area contributed by atoms with Crippen LogP contribution in [-0.2, 0) is 13.0 Å². The Kier molecular flexibility index (Phi) is 4.52. The fourth-order valence-electron chi connectivity index (χ4n) is 5.41. The van der Waals surface area contributed by atoms with Crippen molar-refractivity contribution in [2.24, 2.45) is 16.1 Å². The molecule has 0 saturated carbocycles. The molecule has 3 aliphatic rings. The van der Waals surface area contributed by atoms with Gasteiger partial charge in [-0.15, -0.1) is 0 Å². The van der Waals surface area contributed by atoms with Crippen molar-refractivity contribution in [2.45, 2.75) is 31.8 Å². The first kappa shape index (κ1) is 19.8. The number of pyridine rings is 1. The predicted molar refractivity (Wildman–Crippen MR) is 122 cm³/mol. The molecule has 0 unspecified atom stereocenters. The molecule has 162 valence electrons. The molecule has 8 heteroatoms. The van der Waals surface area contributed by atoms with Gasteiger partial charge in [0.05, 0.1) is 24.1 Å². The van der Waals surface area contributed by atoms with Crippen LogP contribution in [0.2, 0.25) is 5.15 Å². The van der Waals surface area contributed by atoms with Gasteiger partial charge in [0, 0.05) is 30.9 Å². The second-order valence-corrected chi connectivity index (χ2v) is 9.21. The molecule has 2 aromatic heterocycles. The first-order chi connectivity index (χ1) is 15.6. The van der Waals surface area contributed by atoms with Crippen LogP contribution in [0.25, 0.3) is 0 Å². The second-order valence-electron chi connectivity index (χ2n) is 8.85. The molecule has 32 heavy (non-hydrogen) atoms. The van der Waals surface area contributed by atoms with Crippen LogP contribution in [-0.4, -0.2) is 33.8 Å². The zero-order valence-electron chi connectivity index (χ0n) is 17.4. The number of hydrogen-bond acceptors (Lipinski definition) is 6. The Morgan fingerprint density at radius 1 is 1.12 bits per heavy atom. The minimum absolute atomic E-state index is 0.0880. The summed E-state index contributed by atoms with van der Waals surface area (Å²) in [5, 5.41) is -0.169. The number of aromatic nitrogens is 3. The number of fused-ring (bicyclic) bond motifs is 2. The summed E-state index contributed by atoms with van der Waals surface area (Å²) in [4.78, 5) is 20.0. The third-order valence-electron chi connectivity index (χ3n) is 7.22. The molecular formula is C24H22ClFN6. The van der Waals surface area contributed by atoms with Crippen LogP contribution >= 0.6 is 11.6 Å². The summed E-state index contributed by atoms with van der Waals surface area (Å²) >= 11 is 5.84. The fourth-order valence-corrected chi connectivity index (χ4v) is 5.56. The minimum atomic E-state index is -0.582. The Hall–Kier alpha value is -2.90. The van der Waals surface area contributed by atoms with E-state index in [0.29, 0.717) is 23.5 Å². The lowest BCUT2D eigenvalue weighted by molar-refractivity contribution is 0.187. The van der Waals surface area contributed by atoms with Gasteiger partial charge < -0.3 is 10.6 Å². The first-order valence-electron chi connectivity index (χ1n) is 10.9.